The largest absolute Gasteiger partial charge is 0.448 e. The molecule has 0 saturated heterocycles. The predicted molar refractivity (Wildman–Crippen MR) is 109 cm³/mol. The Morgan fingerprint density at radius 2 is 1.82 bits per heavy atom. The molecule has 28 heavy (non-hydrogen) atoms. The van der Waals surface area contributed by atoms with Crippen molar-refractivity contribution in [3.05, 3.63) is 72.2 Å². The van der Waals surface area contributed by atoms with Gasteiger partial charge in [0.1, 0.15) is 5.82 Å². The number of fused-ring (bicyclic) bond motifs is 2. The summed E-state index contributed by atoms with van der Waals surface area (Å²) in [5, 5.41) is 3.68. The lowest BCUT2D eigenvalue weighted by Gasteiger charge is -2.09. The number of hydrogen-bond acceptors (Lipinski definition) is 5. The van der Waals surface area contributed by atoms with Crippen LogP contribution in [-0.4, -0.2) is 20.9 Å². The number of benzene rings is 2. The summed E-state index contributed by atoms with van der Waals surface area (Å²) in [6.45, 7) is 1.88. The van der Waals surface area contributed by atoms with E-state index in [0.717, 1.165) is 26.3 Å². The van der Waals surface area contributed by atoms with Crippen molar-refractivity contribution in [1.82, 2.24) is 20.3 Å². The average molecular weight is 388 g/mol. The van der Waals surface area contributed by atoms with Crippen LogP contribution in [0.25, 0.3) is 32.0 Å². The molecule has 0 unspecified atom stereocenters. The number of aromatic amines is 1. The monoisotopic (exact) mass is 388 g/mol. The molecule has 0 bridgehead atoms. The molecule has 3 heterocycles. The van der Waals surface area contributed by atoms with Crippen LogP contribution in [0.3, 0.4) is 0 Å². The number of aromatic nitrogens is 3. The standard InChI is InChI=1S/C21H16N4O2S/c1-12(19-23-13-6-2-3-7-14(13)24-19)22-20(26)16-10-11-17(27-16)21-25-15-8-4-5-9-18(15)28-21/h2-12H,1H3,(H,22,26)(H,23,24)/t12-/m1/s1. The predicted octanol–water partition coefficient (Wildman–Crippen LogP) is 4.92. The number of rotatable bonds is 4. The van der Waals surface area contributed by atoms with Crippen molar-refractivity contribution in [2.75, 3.05) is 0 Å². The topological polar surface area (TPSA) is 83.8 Å². The van der Waals surface area contributed by atoms with Crippen molar-refractivity contribution >= 4 is 38.5 Å². The highest BCUT2D eigenvalue weighted by Crippen LogP contribution is 2.31. The number of imidazole rings is 1. The second kappa shape index (κ2) is 6.61. The Kier molecular flexibility index (Phi) is 3.95. The quantitative estimate of drug-likeness (QED) is 0.457. The SMILES string of the molecule is C[C@@H](NC(=O)c1ccc(-c2nc3ccccc3s2)o1)c1nc2ccccc2[nH]1. The van der Waals surface area contributed by atoms with Crippen molar-refractivity contribution < 1.29 is 9.21 Å². The van der Waals surface area contributed by atoms with Crippen LogP contribution < -0.4 is 5.32 Å². The molecule has 7 heteroatoms. The summed E-state index contributed by atoms with van der Waals surface area (Å²) in [5.74, 6) is 1.24. The summed E-state index contributed by atoms with van der Waals surface area (Å²) in [7, 11) is 0. The van der Waals surface area contributed by atoms with Gasteiger partial charge in [0.25, 0.3) is 5.91 Å². The van der Waals surface area contributed by atoms with E-state index in [-0.39, 0.29) is 17.7 Å². The number of H-pyrrole nitrogens is 1. The molecular formula is C21H16N4O2S. The molecule has 6 nitrogen and oxygen atoms in total. The maximum Gasteiger partial charge on any atom is 0.287 e. The molecule has 0 spiro atoms. The lowest BCUT2D eigenvalue weighted by atomic mass is 10.3. The molecule has 2 N–H and O–H groups in total. The van der Waals surface area contributed by atoms with Crippen LogP contribution in [0.4, 0.5) is 0 Å². The summed E-state index contributed by atoms with van der Waals surface area (Å²) in [6.07, 6.45) is 0. The lowest BCUT2D eigenvalue weighted by molar-refractivity contribution is 0.0911. The van der Waals surface area contributed by atoms with Crippen LogP contribution in [0.15, 0.2) is 65.1 Å². The van der Waals surface area contributed by atoms with E-state index < -0.39 is 0 Å². The molecule has 5 aromatic rings. The summed E-state index contributed by atoms with van der Waals surface area (Å²) < 4.78 is 6.84. The summed E-state index contributed by atoms with van der Waals surface area (Å²) in [6, 6.07) is 18.8. The van der Waals surface area contributed by atoms with Gasteiger partial charge in [-0.05, 0) is 43.3 Å². The number of furan rings is 1. The van der Waals surface area contributed by atoms with Gasteiger partial charge in [0.15, 0.2) is 16.5 Å². The summed E-state index contributed by atoms with van der Waals surface area (Å²) in [4.78, 5) is 24.9. The fourth-order valence-electron chi connectivity index (χ4n) is 3.07. The van der Waals surface area contributed by atoms with Crippen molar-refractivity contribution in [3.8, 4) is 10.8 Å². The lowest BCUT2D eigenvalue weighted by Crippen LogP contribution is -2.26. The Bertz CT molecular complexity index is 1230. The van der Waals surface area contributed by atoms with Gasteiger partial charge in [0, 0.05) is 0 Å². The van der Waals surface area contributed by atoms with Gasteiger partial charge in [-0.2, -0.15) is 0 Å². The van der Waals surface area contributed by atoms with Crippen LogP contribution in [0.2, 0.25) is 0 Å². The Labute approximate surface area is 164 Å². The Hall–Kier alpha value is -3.45. The molecule has 138 valence electrons. The number of carbonyl (C=O) groups excluding carboxylic acids is 1. The van der Waals surface area contributed by atoms with Gasteiger partial charge in [-0.3, -0.25) is 4.79 Å². The van der Waals surface area contributed by atoms with Gasteiger partial charge >= 0.3 is 0 Å². The van der Waals surface area contributed by atoms with E-state index in [1.165, 1.54) is 11.3 Å². The second-order valence-corrected chi connectivity index (χ2v) is 7.52. The minimum atomic E-state index is -0.291. The number of nitrogens with zero attached hydrogens (tertiary/aromatic N) is 2. The molecule has 1 atom stereocenters. The molecule has 5 rings (SSSR count). The number of nitrogens with one attached hydrogen (secondary N) is 2. The molecule has 0 aliphatic heterocycles. The van der Waals surface area contributed by atoms with E-state index in [0.29, 0.717) is 11.6 Å². The van der Waals surface area contributed by atoms with Crippen LogP contribution in [0.5, 0.6) is 0 Å². The van der Waals surface area contributed by atoms with Gasteiger partial charge < -0.3 is 14.7 Å². The third kappa shape index (κ3) is 2.95. The third-order valence-corrected chi connectivity index (χ3v) is 5.55. The summed E-state index contributed by atoms with van der Waals surface area (Å²) >= 11 is 1.54. The zero-order chi connectivity index (χ0) is 19.1. The first-order chi connectivity index (χ1) is 13.7. The molecular weight excluding hydrogens is 372 g/mol. The molecule has 0 radical (unpaired) electrons. The molecule has 0 saturated carbocycles. The summed E-state index contributed by atoms with van der Waals surface area (Å²) in [5.41, 5.74) is 2.73. The Morgan fingerprint density at radius 1 is 1.04 bits per heavy atom. The smallest absolute Gasteiger partial charge is 0.287 e. The molecule has 3 aromatic heterocycles. The number of amides is 1. The zero-order valence-corrected chi connectivity index (χ0v) is 15.8. The van der Waals surface area contributed by atoms with E-state index >= 15 is 0 Å². The third-order valence-electron chi connectivity index (χ3n) is 4.50. The van der Waals surface area contributed by atoms with E-state index in [1.54, 1.807) is 12.1 Å². The van der Waals surface area contributed by atoms with Gasteiger partial charge in [-0.25, -0.2) is 9.97 Å². The highest BCUT2D eigenvalue weighted by atomic mass is 32.1. The van der Waals surface area contributed by atoms with E-state index in [4.69, 9.17) is 4.42 Å². The first-order valence-corrected chi connectivity index (χ1v) is 9.70. The van der Waals surface area contributed by atoms with Gasteiger partial charge in [0.05, 0.1) is 27.3 Å². The van der Waals surface area contributed by atoms with Crippen molar-refractivity contribution in [2.45, 2.75) is 13.0 Å². The Morgan fingerprint density at radius 3 is 2.64 bits per heavy atom. The molecule has 0 fully saturated rings. The Balaban J connectivity index is 1.35. The number of hydrogen-bond donors (Lipinski definition) is 2. The van der Waals surface area contributed by atoms with E-state index in [9.17, 15) is 4.79 Å². The van der Waals surface area contributed by atoms with Crippen molar-refractivity contribution in [3.63, 3.8) is 0 Å². The normalized spacial score (nSPS) is 12.5. The van der Waals surface area contributed by atoms with Crippen molar-refractivity contribution in [1.29, 1.82) is 0 Å². The van der Waals surface area contributed by atoms with Crippen LogP contribution in [0.1, 0.15) is 29.3 Å². The maximum absolute atomic E-state index is 12.6. The number of para-hydroxylation sites is 3. The minimum absolute atomic E-state index is 0.247. The van der Waals surface area contributed by atoms with E-state index in [2.05, 4.69) is 20.3 Å². The average Bonchev–Trinajstić information content (AvgIpc) is 3.44. The maximum atomic E-state index is 12.6. The van der Waals surface area contributed by atoms with Crippen molar-refractivity contribution in [2.24, 2.45) is 0 Å². The first kappa shape index (κ1) is 16.7. The highest BCUT2D eigenvalue weighted by molar-refractivity contribution is 7.21. The van der Waals surface area contributed by atoms with Gasteiger partial charge in [-0.1, -0.05) is 24.3 Å². The minimum Gasteiger partial charge on any atom is -0.448 e. The van der Waals surface area contributed by atoms with E-state index in [1.807, 2.05) is 55.5 Å². The van der Waals surface area contributed by atoms with Gasteiger partial charge in [-0.15, -0.1) is 11.3 Å². The van der Waals surface area contributed by atoms with Crippen LogP contribution in [-0.2, 0) is 0 Å². The fraction of sp³-hybridized carbons (Fsp3) is 0.0952. The van der Waals surface area contributed by atoms with Crippen LogP contribution >= 0.6 is 11.3 Å². The molecule has 0 aliphatic rings. The number of carbonyl (C=O) groups is 1. The highest BCUT2D eigenvalue weighted by Gasteiger charge is 2.19. The zero-order valence-electron chi connectivity index (χ0n) is 15.0. The van der Waals surface area contributed by atoms with Crippen LogP contribution in [0, 0.1) is 0 Å². The fourth-order valence-corrected chi connectivity index (χ4v) is 3.99. The molecule has 2 aromatic carbocycles. The number of thiazole rings is 1. The molecule has 1 amide bonds. The first-order valence-electron chi connectivity index (χ1n) is 8.89. The second-order valence-electron chi connectivity index (χ2n) is 6.48. The van der Waals surface area contributed by atoms with Gasteiger partial charge in [0.2, 0.25) is 0 Å². The molecule has 0 aliphatic carbocycles.